The number of halogens is 1. The topological polar surface area (TPSA) is 59.4 Å². The average Bonchev–Trinajstić information content (AvgIpc) is 2.64. The average molecular weight is 426 g/mol. The molecule has 1 fully saturated rings. The molecule has 1 aromatic heterocycles. The fourth-order valence-corrected chi connectivity index (χ4v) is 3.69. The number of cyclic esters (lactones) is 1. The quantitative estimate of drug-likeness (QED) is 0.654. The molecule has 1 aliphatic rings. The Balaban J connectivity index is 2.19. The minimum Gasteiger partial charge on any atom is -0.458 e. The number of nitrogens with zero attached hydrogens (tertiary/aromatic N) is 1. The third-order valence-corrected chi connectivity index (χ3v) is 5.42. The van der Waals surface area contributed by atoms with Crippen LogP contribution < -0.4 is 0 Å². The second kappa shape index (κ2) is 8.54. The van der Waals surface area contributed by atoms with Crippen LogP contribution in [-0.2, 0) is 20.4 Å². The number of carbonyl (C=O) groups excluding carboxylic acids is 1. The summed E-state index contributed by atoms with van der Waals surface area (Å²) in [6.07, 6.45) is 2.95. The van der Waals surface area contributed by atoms with Gasteiger partial charge in [0.2, 0.25) is 0 Å². The molecule has 2 atom stereocenters. The first kappa shape index (κ1) is 23.1. The Morgan fingerprint density at radius 3 is 2.29 bits per heavy atom. The molecule has 31 heavy (non-hydrogen) atoms. The predicted molar refractivity (Wildman–Crippen MR) is 121 cm³/mol. The van der Waals surface area contributed by atoms with Gasteiger partial charge < -0.3 is 9.84 Å². The Kier molecular flexibility index (Phi) is 6.38. The van der Waals surface area contributed by atoms with Crippen LogP contribution >= 0.6 is 0 Å². The van der Waals surface area contributed by atoms with Crippen molar-refractivity contribution in [3.05, 3.63) is 59.0 Å². The minimum absolute atomic E-state index is 0.0280. The van der Waals surface area contributed by atoms with Crippen molar-refractivity contribution in [1.29, 1.82) is 0 Å². The lowest BCUT2D eigenvalue weighted by Gasteiger charge is -2.28. The van der Waals surface area contributed by atoms with E-state index in [1.54, 1.807) is 12.1 Å². The molecular formula is C26H32FNO3. The van der Waals surface area contributed by atoms with Crippen LogP contribution in [0.25, 0.3) is 17.3 Å². The molecule has 1 aliphatic heterocycles. The van der Waals surface area contributed by atoms with E-state index in [1.807, 2.05) is 12.2 Å². The summed E-state index contributed by atoms with van der Waals surface area (Å²) in [7, 11) is 0. The number of ether oxygens (including phenoxy) is 1. The van der Waals surface area contributed by atoms with Crippen LogP contribution in [0.5, 0.6) is 0 Å². The lowest BCUT2D eigenvalue weighted by atomic mass is 9.79. The standard InChI is InChI=1S/C26H32FNO3/c1-25(2,3)21-15-22(26(4,5)6)28-24(16-7-9-17(27)10-8-16)20(21)12-11-19-13-18(29)14-23(30)31-19/h7-12,15,18-19,29H,13-14H2,1-6H3/t18-,19-/m1/s1. The maximum Gasteiger partial charge on any atom is 0.309 e. The number of hydrogen-bond donors (Lipinski definition) is 1. The Bertz CT molecular complexity index is 981. The van der Waals surface area contributed by atoms with Gasteiger partial charge in [0.25, 0.3) is 0 Å². The van der Waals surface area contributed by atoms with Gasteiger partial charge in [-0.3, -0.25) is 9.78 Å². The van der Waals surface area contributed by atoms with Gasteiger partial charge in [-0.2, -0.15) is 0 Å². The van der Waals surface area contributed by atoms with E-state index in [-0.39, 0.29) is 23.1 Å². The van der Waals surface area contributed by atoms with E-state index in [4.69, 9.17) is 9.72 Å². The number of esters is 1. The van der Waals surface area contributed by atoms with Crippen LogP contribution in [0.1, 0.15) is 71.2 Å². The summed E-state index contributed by atoms with van der Waals surface area (Å²) in [5.74, 6) is -0.698. The van der Waals surface area contributed by atoms with E-state index >= 15 is 0 Å². The zero-order valence-electron chi connectivity index (χ0n) is 19.2. The number of aliphatic hydroxyl groups is 1. The number of hydrogen-bond acceptors (Lipinski definition) is 4. The van der Waals surface area contributed by atoms with Crippen molar-refractivity contribution in [2.45, 2.75) is 77.4 Å². The van der Waals surface area contributed by atoms with E-state index in [0.29, 0.717) is 6.42 Å². The van der Waals surface area contributed by atoms with Gasteiger partial charge in [0, 0.05) is 28.7 Å². The summed E-state index contributed by atoms with van der Waals surface area (Å²) in [5, 5.41) is 9.93. The van der Waals surface area contributed by atoms with Crippen LogP contribution in [-0.4, -0.2) is 28.3 Å². The predicted octanol–water partition coefficient (Wildman–Crippen LogP) is 5.56. The van der Waals surface area contributed by atoms with Gasteiger partial charge in [0.1, 0.15) is 11.9 Å². The third-order valence-electron chi connectivity index (χ3n) is 5.42. The summed E-state index contributed by atoms with van der Waals surface area (Å²) in [6.45, 7) is 12.8. The maximum absolute atomic E-state index is 13.6. The Hall–Kier alpha value is -2.53. The first-order valence-corrected chi connectivity index (χ1v) is 10.7. The van der Waals surface area contributed by atoms with Crippen molar-refractivity contribution >= 4 is 12.0 Å². The van der Waals surface area contributed by atoms with Crippen molar-refractivity contribution in [3.63, 3.8) is 0 Å². The molecule has 2 aromatic rings. The first-order chi connectivity index (χ1) is 14.3. The van der Waals surface area contributed by atoms with Gasteiger partial charge in [-0.15, -0.1) is 0 Å². The van der Waals surface area contributed by atoms with Crippen LogP contribution in [0.4, 0.5) is 4.39 Å². The molecule has 1 aromatic carbocycles. The summed E-state index contributed by atoms with van der Waals surface area (Å²) in [4.78, 5) is 16.7. The zero-order chi connectivity index (χ0) is 23.0. The van der Waals surface area contributed by atoms with Crippen LogP contribution in [0, 0.1) is 5.82 Å². The smallest absolute Gasteiger partial charge is 0.309 e. The largest absolute Gasteiger partial charge is 0.458 e. The molecule has 0 saturated carbocycles. The Morgan fingerprint density at radius 1 is 1.10 bits per heavy atom. The van der Waals surface area contributed by atoms with Crippen LogP contribution in [0.3, 0.4) is 0 Å². The molecule has 166 valence electrons. The van der Waals surface area contributed by atoms with E-state index in [0.717, 1.165) is 28.1 Å². The minimum atomic E-state index is -0.698. The molecule has 0 unspecified atom stereocenters. The highest BCUT2D eigenvalue weighted by Crippen LogP contribution is 2.37. The maximum atomic E-state index is 13.6. The van der Waals surface area contributed by atoms with Crippen molar-refractivity contribution in [2.75, 3.05) is 0 Å². The van der Waals surface area contributed by atoms with Gasteiger partial charge in [-0.25, -0.2) is 4.39 Å². The molecule has 0 amide bonds. The highest BCUT2D eigenvalue weighted by Gasteiger charge is 2.28. The second-order valence-corrected chi connectivity index (χ2v) is 10.3. The van der Waals surface area contributed by atoms with E-state index in [2.05, 4.69) is 47.6 Å². The normalized spacial score (nSPS) is 20.2. The van der Waals surface area contributed by atoms with Gasteiger partial charge in [0.15, 0.2) is 0 Å². The third kappa shape index (κ3) is 5.59. The summed E-state index contributed by atoms with van der Waals surface area (Å²) in [5.41, 5.74) is 4.19. The van der Waals surface area contributed by atoms with Gasteiger partial charge >= 0.3 is 5.97 Å². The molecule has 1 saturated heterocycles. The highest BCUT2D eigenvalue weighted by molar-refractivity contribution is 5.76. The molecule has 4 nitrogen and oxygen atoms in total. The zero-order valence-corrected chi connectivity index (χ0v) is 19.2. The van der Waals surface area contributed by atoms with Crippen LogP contribution in [0.15, 0.2) is 36.4 Å². The van der Waals surface area contributed by atoms with Crippen molar-refractivity contribution in [1.82, 2.24) is 4.98 Å². The molecule has 0 bridgehead atoms. The highest BCUT2D eigenvalue weighted by atomic mass is 19.1. The molecule has 1 N–H and O–H groups in total. The monoisotopic (exact) mass is 425 g/mol. The summed E-state index contributed by atoms with van der Waals surface area (Å²) in [6, 6.07) is 8.47. The summed E-state index contributed by atoms with van der Waals surface area (Å²) >= 11 is 0. The van der Waals surface area contributed by atoms with Crippen molar-refractivity contribution < 1.29 is 19.0 Å². The second-order valence-electron chi connectivity index (χ2n) is 10.3. The van der Waals surface area contributed by atoms with Gasteiger partial charge in [-0.1, -0.05) is 47.6 Å². The number of carbonyl (C=O) groups is 1. The Morgan fingerprint density at radius 2 is 1.74 bits per heavy atom. The van der Waals surface area contributed by atoms with E-state index in [9.17, 15) is 14.3 Å². The molecular weight excluding hydrogens is 393 g/mol. The number of benzene rings is 1. The fourth-order valence-electron chi connectivity index (χ4n) is 3.69. The summed E-state index contributed by atoms with van der Waals surface area (Å²) < 4.78 is 19.0. The van der Waals surface area contributed by atoms with Gasteiger partial charge in [-0.05, 0) is 47.4 Å². The SMILES string of the molecule is CC(C)(C)c1cc(C(C)(C)C)c(C=C[C@@H]2C[C@@H](O)CC(=O)O2)c(-c2ccc(F)cc2)n1. The number of aliphatic hydroxyl groups excluding tert-OH is 1. The van der Waals surface area contributed by atoms with Crippen molar-refractivity contribution in [3.8, 4) is 11.3 Å². The van der Waals surface area contributed by atoms with Crippen LogP contribution in [0.2, 0.25) is 0 Å². The van der Waals surface area contributed by atoms with E-state index < -0.39 is 18.2 Å². The van der Waals surface area contributed by atoms with Crippen molar-refractivity contribution in [2.24, 2.45) is 0 Å². The number of pyridine rings is 1. The van der Waals surface area contributed by atoms with Gasteiger partial charge in [0.05, 0.1) is 18.2 Å². The Labute approximate surface area is 184 Å². The molecule has 3 rings (SSSR count). The molecule has 5 heteroatoms. The lowest BCUT2D eigenvalue weighted by molar-refractivity contribution is -0.156. The fraction of sp³-hybridized carbons (Fsp3) is 0.462. The number of aromatic nitrogens is 1. The molecule has 0 spiro atoms. The first-order valence-electron chi connectivity index (χ1n) is 10.7. The number of rotatable bonds is 3. The van der Waals surface area contributed by atoms with E-state index in [1.165, 1.54) is 12.1 Å². The molecule has 2 heterocycles. The molecule has 0 radical (unpaired) electrons. The molecule has 0 aliphatic carbocycles. The lowest BCUT2D eigenvalue weighted by Crippen LogP contribution is -2.31.